The predicted octanol–water partition coefficient (Wildman–Crippen LogP) is 2.93. The maximum absolute atomic E-state index is 12.8. The van der Waals surface area contributed by atoms with Crippen molar-refractivity contribution in [1.29, 1.82) is 5.26 Å². The van der Waals surface area contributed by atoms with Crippen LogP contribution in [0.3, 0.4) is 0 Å². The molecule has 0 bridgehead atoms. The lowest BCUT2D eigenvalue weighted by atomic mass is 9.75. The number of carbonyl (C=O) groups excluding carboxylic acids is 1. The summed E-state index contributed by atoms with van der Waals surface area (Å²) in [4.78, 5) is 24.5. The molecule has 0 radical (unpaired) electrons. The van der Waals surface area contributed by atoms with Gasteiger partial charge in [-0.05, 0) is 43.9 Å². The molecule has 0 atom stereocenters. The van der Waals surface area contributed by atoms with Crippen molar-refractivity contribution >= 4 is 17.1 Å². The molecule has 1 aliphatic carbocycles. The highest BCUT2D eigenvalue weighted by molar-refractivity contribution is 5.81. The fraction of sp³-hybridized carbons (Fsp3) is 0.548. The fourth-order valence-electron chi connectivity index (χ4n) is 6.89. The van der Waals surface area contributed by atoms with Gasteiger partial charge in [0.1, 0.15) is 0 Å². The molecule has 3 aromatic rings. The minimum absolute atomic E-state index is 0.0277. The number of hydrogen-bond donors (Lipinski definition) is 0. The van der Waals surface area contributed by atoms with Crippen LogP contribution >= 0.6 is 0 Å². The van der Waals surface area contributed by atoms with Crippen LogP contribution in [-0.2, 0) is 19.9 Å². The molecule has 3 saturated heterocycles. The van der Waals surface area contributed by atoms with Crippen LogP contribution in [0.1, 0.15) is 31.2 Å². The lowest BCUT2D eigenvalue weighted by Crippen LogP contribution is -2.54. The third-order valence-electron chi connectivity index (χ3n) is 9.81. The lowest BCUT2D eigenvalue weighted by Gasteiger charge is -2.46. The van der Waals surface area contributed by atoms with Crippen molar-refractivity contribution in [2.75, 3.05) is 64.5 Å². The Labute approximate surface area is 240 Å². The van der Waals surface area contributed by atoms with Crippen molar-refractivity contribution in [2.24, 2.45) is 11.8 Å². The minimum atomic E-state index is -0.299. The maximum atomic E-state index is 12.8. The van der Waals surface area contributed by atoms with Crippen LogP contribution in [0.15, 0.2) is 42.9 Å². The first-order chi connectivity index (χ1) is 20.1. The first kappa shape index (κ1) is 26.4. The third-order valence-corrected chi connectivity index (χ3v) is 9.81. The van der Waals surface area contributed by atoms with Gasteiger partial charge in [-0.25, -0.2) is 4.52 Å². The molecule has 3 aliphatic heterocycles. The molecule has 6 heterocycles. The number of methoxy groups -OCH3 is 1. The van der Waals surface area contributed by atoms with Crippen molar-refractivity contribution in [3.05, 3.63) is 48.4 Å². The van der Waals surface area contributed by atoms with Gasteiger partial charge in [-0.2, -0.15) is 10.4 Å². The highest BCUT2D eigenvalue weighted by Gasteiger charge is 2.40. The average Bonchev–Trinajstić information content (AvgIpc) is 3.41. The van der Waals surface area contributed by atoms with Gasteiger partial charge in [-0.3, -0.25) is 14.7 Å². The van der Waals surface area contributed by atoms with Gasteiger partial charge in [0.2, 0.25) is 5.91 Å². The number of piperazine rings is 1. The van der Waals surface area contributed by atoms with E-state index in [4.69, 9.17) is 19.7 Å². The number of rotatable bonds is 6. The Kier molecular flexibility index (Phi) is 6.89. The summed E-state index contributed by atoms with van der Waals surface area (Å²) >= 11 is 0. The van der Waals surface area contributed by atoms with Crippen molar-refractivity contribution in [3.63, 3.8) is 0 Å². The van der Waals surface area contributed by atoms with Crippen molar-refractivity contribution in [3.8, 4) is 17.3 Å². The van der Waals surface area contributed by atoms with Gasteiger partial charge >= 0.3 is 0 Å². The number of hydrogen-bond acceptors (Lipinski definition) is 8. The Hall–Kier alpha value is -3.52. The third kappa shape index (κ3) is 4.76. The van der Waals surface area contributed by atoms with Crippen LogP contribution in [0.4, 0.5) is 5.69 Å². The van der Waals surface area contributed by atoms with Gasteiger partial charge < -0.3 is 19.3 Å². The van der Waals surface area contributed by atoms with Crippen LogP contribution in [0.5, 0.6) is 0 Å². The number of likely N-dealkylation sites (tertiary alicyclic amines) is 1. The van der Waals surface area contributed by atoms with Gasteiger partial charge in [0.15, 0.2) is 0 Å². The summed E-state index contributed by atoms with van der Waals surface area (Å²) in [6.07, 6.45) is 9.17. The first-order valence-corrected chi connectivity index (χ1v) is 14.8. The Morgan fingerprint density at radius 2 is 1.88 bits per heavy atom. The number of amides is 1. The molecule has 10 nitrogen and oxygen atoms in total. The van der Waals surface area contributed by atoms with E-state index in [9.17, 15) is 4.79 Å². The van der Waals surface area contributed by atoms with Crippen molar-refractivity contribution in [2.45, 2.75) is 37.3 Å². The molecule has 1 amide bonds. The normalized spacial score (nSPS) is 25.0. The summed E-state index contributed by atoms with van der Waals surface area (Å²) in [5, 5.41) is 13.6. The molecule has 41 heavy (non-hydrogen) atoms. The van der Waals surface area contributed by atoms with Crippen molar-refractivity contribution < 1.29 is 14.3 Å². The molecule has 1 saturated carbocycles. The van der Waals surface area contributed by atoms with E-state index in [2.05, 4.69) is 45.2 Å². The van der Waals surface area contributed by atoms with Crippen LogP contribution in [-0.4, -0.2) is 95.9 Å². The van der Waals surface area contributed by atoms with Gasteiger partial charge in [0.25, 0.3) is 0 Å². The number of aromatic nitrogens is 3. The highest BCUT2D eigenvalue weighted by atomic mass is 16.5. The predicted molar refractivity (Wildman–Crippen MR) is 153 cm³/mol. The van der Waals surface area contributed by atoms with Crippen LogP contribution in [0, 0.1) is 23.2 Å². The van der Waals surface area contributed by atoms with Crippen LogP contribution in [0.2, 0.25) is 0 Å². The second-order valence-electron chi connectivity index (χ2n) is 11.9. The summed E-state index contributed by atoms with van der Waals surface area (Å²) in [6.45, 7) is 6.66. The summed E-state index contributed by atoms with van der Waals surface area (Å²) < 4.78 is 13.4. The molecule has 7 rings (SSSR count). The van der Waals surface area contributed by atoms with E-state index in [1.165, 1.54) is 0 Å². The average molecular weight is 556 g/mol. The van der Waals surface area contributed by atoms with E-state index in [1.54, 1.807) is 0 Å². The molecule has 3 aromatic heterocycles. The van der Waals surface area contributed by atoms with E-state index < -0.39 is 0 Å². The molecule has 0 aromatic carbocycles. The zero-order valence-electron chi connectivity index (χ0n) is 23.6. The Bertz CT molecular complexity index is 1440. The SMILES string of the molecule is COC1(c2ccc(-c3cc4c(N5CCN(C(=O)C6CC(C#N)C6)CC5)ccnn4c3)nc2)CCN(C2COC2)CC1. The van der Waals surface area contributed by atoms with Gasteiger partial charge in [-0.1, -0.05) is 6.07 Å². The molecule has 4 fully saturated rings. The fourth-order valence-corrected chi connectivity index (χ4v) is 6.89. The Morgan fingerprint density at radius 3 is 2.51 bits per heavy atom. The highest BCUT2D eigenvalue weighted by Crippen LogP contribution is 2.38. The lowest BCUT2D eigenvalue weighted by molar-refractivity contribution is -0.139. The molecule has 0 N–H and O–H groups in total. The topological polar surface area (TPSA) is 99.2 Å². The second-order valence-corrected chi connectivity index (χ2v) is 11.9. The number of nitrogens with zero attached hydrogens (tertiary/aromatic N) is 7. The summed E-state index contributed by atoms with van der Waals surface area (Å²) in [5.41, 5.74) is 4.91. The first-order valence-electron chi connectivity index (χ1n) is 14.8. The standard InChI is InChI=1S/C31H37N7O3/c1-40-31(5-8-35(9-6-31)26-20-41-21-26)25-2-3-27(33-18-25)24-16-29-28(4-7-34-38(29)19-24)36-10-12-37(13-11-36)30(39)23-14-22(15-23)17-32/h2-4,7,16,18-19,22-23,26H,5-6,8-15,20-21H2,1H3. The summed E-state index contributed by atoms with van der Waals surface area (Å²) in [5.74, 6) is 0.292. The summed E-state index contributed by atoms with van der Waals surface area (Å²) in [6, 6.07) is 11.3. The van der Waals surface area contributed by atoms with E-state index in [-0.39, 0.29) is 23.3 Å². The number of anilines is 1. The quantitative estimate of drug-likeness (QED) is 0.458. The molecule has 0 unspecified atom stereocenters. The van der Waals surface area contributed by atoms with Gasteiger partial charge in [0, 0.05) is 87.9 Å². The molecular formula is C31H37N7O3. The zero-order chi connectivity index (χ0) is 28.0. The van der Waals surface area contributed by atoms with E-state index in [0.717, 1.165) is 80.3 Å². The molecule has 214 valence electrons. The Morgan fingerprint density at radius 1 is 1.10 bits per heavy atom. The molecule has 10 heteroatoms. The number of fused-ring (bicyclic) bond motifs is 1. The zero-order valence-corrected chi connectivity index (χ0v) is 23.6. The van der Waals surface area contributed by atoms with Gasteiger partial charge in [-0.15, -0.1) is 0 Å². The minimum Gasteiger partial charge on any atom is -0.378 e. The second kappa shape index (κ2) is 10.7. The van der Waals surface area contributed by atoms with Crippen molar-refractivity contribution in [1.82, 2.24) is 24.4 Å². The number of pyridine rings is 1. The van der Waals surface area contributed by atoms with E-state index >= 15 is 0 Å². The van der Waals surface area contributed by atoms with Crippen LogP contribution < -0.4 is 4.90 Å². The molecule has 0 spiro atoms. The summed E-state index contributed by atoms with van der Waals surface area (Å²) in [7, 11) is 1.82. The Balaban J connectivity index is 1.04. The molecular weight excluding hydrogens is 518 g/mol. The van der Waals surface area contributed by atoms with E-state index in [0.29, 0.717) is 32.0 Å². The number of ether oxygens (including phenoxy) is 2. The van der Waals surface area contributed by atoms with Gasteiger partial charge in [0.05, 0.1) is 47.8 Å². The monoisotopic (exact) mass is 555 g/mol. The maximum Gasteiger partial charge on any atom is 0.225 e. The number of carbonyl (C=O) groups is 1. The van der Waals surface area contributed by atoms with E-state index in [1.807, 2.05) is 35.1 Å². The van der Waals surface area contributed by atoms with Crippen LogP contribution in [0.25, 0.3) is 16.8 Å². The smallest absolute Gasteiger partial charge is 0.225 e. The number of nitriles is 1. The molecule has 4 aliphatic rings. The number of piperidine rings is 1. The largest absolute Gasteiger partial charge is 0.378 e.